The summed E-state index contributed by atoms with van der Waals surface area (Å²) >= 11 is 1.99. The van der Waals surface area contributed by atoms with Crippen LogP contribution in [0.1, 0.15) is 18.6 Å². The molecule has 1 aliphatic heterocycles. The first-order chi connectivity index (χ1) is 9.33. The summed E-state index contributed by atoms with van der Waals surface area (Å²) in [4.78, 5) is 2.59. The normalized spacial score (nSPS) is 24.1. The molecule has 19 heavy (non-hydrogen) atoms. The lowest BCUT2D eigenvalue weighted by molar-refractivity contribution is 0.244. The van der Waals surface area contributed by atoms with Crippen molar-refractivity contribution in [1.82, 2.24) is 10.2 Å². The molecule has 1 saturated heterocycles. The van der Waals surface area contributed by atoms with Gasteiger partial charge in [-0.15, -0.1) is 0 Å². The van der Waals surface area contributed by atoms with Crippen LogP contribution in [0.2, 0.25) is 0 Å². The van der Waals surface area contributed by atoms with Crippen molar-refractivity contribution >= 4 is 11.8 Å². The second kappa shape index (κ2) is 7.94. The van der Waals surface area contributed by atoms with E-state index in [1.165, 1.54) is 13.0 Å². The first-order valence-corrected chi connectivity index (χ1v) is 8.32. The van der Waals surface area contributed by atoms with Gasteiger partial charge >= 0.3 is 0 Å². The Labute approximate surface area is 120 Å². The molecule has 1 fully saturated rings. The minimum Gasteiger partial charge on any atom is -0.468 e. The van der Waals surface area contributed by atoms with Crippen molar-refractivity contribution < 1.29 is 4.42 Å². The number of furan rings is 1. The van der Waals surface area contributed by atoms with E-state index in [1.54, 1.807) is 6.26 Å². The molecule has 1 aliphatic rings. The van der Waals surface area contributed by atoms with Crippen molar-refractivity contribution in [3.8, 4) is 0 Å². The van der Waals surface area contributed by atoms with Gasteiger partial charge in [-0.05, 0) is 44.3 Å². The summed E-state index contributed by atoms with van der Waals surface area (Å²) in [5, 5.41) is 4.28. The van der Waals surface area contributed by atoms with E-state index >= 15 is 0 Å². The lowest BCUT2D eigenvalue weighted by Crippen LogP contribution is -2.38. The second-order valence-corrected chi connectivity index (χ2v) is 6.23. The summed E-state index contributed by atoms with van der Waals surface area (Å²) in [5.74, 6) is 1.01. The van der Waals surface area contributed by atoms with Crippen molar-refractivity contribution in [2.24, 2.45) is 5.73 Å². The molecule has 0 bridgehead atoms. The molecule has 4 nitrogen and oxygen atoms in total. The summed E-state index contributed by atoms with van der Waals surface area (Å²) < 4.78 is 5.34. The number of nitrogens with one attached hydrogen (secondary N) is 1. The number of hydrogen-bond acceptors (Lipinski definition) is 5. The number of nitrogens with zero attached hydrogens (tertiary/aromatic N) is 1. The zero-order valence-corrected chi connectivity index (χ0v) is 12.5. The Kier molecular flexibility index (Phi) is 6.23. The Bertz CT molecular complexity index is 344. The third-order valence-corrected chi connectivity index (χ3v) is 4.74. The molecule has 2 atom stereocenters. The number of likely N-dealkylation sites (tertiary alicyclic amines) is 1. The lowest BCUT2D eigenvalue weighted by atomic mass is 10.2. The Hall–Kier alpha value is -0.490. The molecule has 2 heterocycles. The molecule has 3 N–H and O–H groups in total. The minimum absolute atomic E-state index is 0.638. The summed E-state index contributed by atoms with van der Waals surface area (Å²) in [6.07, 6.45) is 6.31. The molecule has 0 radical (unpaired) electrons. The van der Waals surface area contributed by atoms with Gasteiger partial charge in [-0.2, -0.15) is 11.8 Å². The van der Waals surface area contributed by atoms with Crippen molar-refractivity contribution in [1.29, 1.82) is 0 Å². The van der Waals surface area contributed by atoms with Crippen LogP contribution in [0.3, 0.4) is 0 Å². The predicted molar refractivity (Wildman–Crippen MR) is 81.4 cm³/mol. The van der Waals surface area contributed by atoms with E-state index in [0.29, 0.717) is 6.04 Å². The van der Waals surface area contributed by atoms with Gasteiger partial charge in [0.05, 0.1) is 12.8 Å². The molecule has 1 aromatic rings. The molecule has 2 rings (SSSR count). The van der Waals surface area contributed by atoms with Crippen molar-refractivity contribution in [3.05, 3.63) is 24.2 Å². The highest BCUT2D eigenvalue weighted by atomic mass is 32.2. The molecule has 1 aromatic heterocycles. The van der Waals surface area contributed by atoms with Crippen molar-refractivity contribution in [2.45, 2.75) is 30.7 Å². The fourth-order valence-electron chi connectivity index (χ4n) is 2.66. The summed E-state index contributed by atoms with van der Waals surface area (Å²) in [5.41, 5.74) is 5.62. The molecule has 0 spiro atoms. The smallest absolute Gasteiger partial charge is 0.117 e. The number of rotatable bonds is 8. The lowest BCUT2D eigenvalue weighted by Gasteiger charge is -2.24. The molecule has 0 aromatic carbocycles. The molecule has 0 amide bonds. The Morgan fingerprint density at radius 2 is 2.47 bits per heavy atom. The van der Waals surface area contributed by atoms with Gasteiger partial charge in [0, 0.05) is 24.4 Å². The average molecular weight is 283 g/mol. The van der Waals surface area contributed by atoms with Crippen LogP contribution in [-0.2, 0) is 6.54 Å². The highest BCUT2D eigenvalue weighted by Gasteiger charge is 2.30. The second-order valence-electron chi connectivity index (χ2n) is 5.09. The van der Waals surface area contributed by atoms with E-state index in [2.05, 4.69) is 16.5 Å². The topological polar surface area (TPSA) is 54.4 Å². The molecular weight excluding hydrogens is 258 g/mol. The van der Waals surface area contributed by atoms with E-state index in [9.17, 15) is 0 Å². The average Bonchev–Trinajstić information content (AvgIpc) is 3.06. The molecular formula is C14H25N3OS. The number of nitrogens with two attached hydrogens (primary N) is 1. The van der Waals surface area contributed by atoms with Gasteiger partial charge in [-0.1, -0.05) is 0 Å². The van der Waals surface area contributed by atoms with Crippen LogP contribution in [0.5, 0.6) is 0 Å². The van der Waals surface area contributed by atoms with Crippen LogP contribution in [0, 0.1) is 0 Å². The third-order valence-electron chi connectivity index (χ3n) is 3.73. The molecule has 1 unspecified atom stereocenters. The molecule has 0 aliphatic carbocycles. The zero-order valence-electron chi connectivity index (χ0n) is 11.7. The number of thioether (sulfide) groups is 1. The van der Waals surface area contributed by atoms with Crippen LogP contribution in [0.15, 0.2) is 22.8 Å². The van der Waals surface area contributed by atoms with Crippen LogP contribution in [0.25, 0.3) is 0 Å². The largest absolute Gasteiger partial charge is 0.468 e. The van der Waals surface area contributed by atoms with E-state index in [-0.39, 0.29) is 0 Å². The Morgan fingerprint density at radius 1 is 1.58 bits per heavy atom. The monoisotopic (exact) mass is 283 g/mol. The van der Waals surface area contributed by atoms with Gasteiger partial charge < -0.3 is 15.5 Å². The fraction of sp³-hybridized carbons (Fsp3) is 0.714. The van der Waals surface area contributed by atoms with Gasteiger partial charge in [0.1, 0.15) is 5.76 Å². The van der Waals surface area contributed by atoms with Crippen molar-refractivity contribution in [3.63, 3.8) is 0 Å². The van der Waals surface area contributed by atoms with Crippen LogP contribution < -0.4 is 11.1 Å². The SMILES string of the molecule is CS[C@@H]1CC(CNCc2ccco2)N(CCCN)C1. The maximum atomic E-state index is 5.62. The van der Waals surface area contributed by atoms with E-state index in [4.69, 9.17) is 10.2 Å². The van der Waals surface area contributed by atoms with Crippen LogP contribution in [0.4, 0.5) is 0 Å². The van der Waals surface area contributed by atoms with E-state index < -0.39 is 0 Å². The third kappa shape index (κ3) is 4.53. The first kappa shape index (κ1) is 14.9. The highest BCUT2D eigenvalue weighted by Crippen LogP contribution is 2.25. The molecule has 5 heteroatoms. The Morgan fingerprint density at radius 3 is 3.16 bits per heavy atom. The van der Waals surface area contributed by atoms with Gasteiger partial charge in [0.15, 0.2) is 0 Å². The predicted octanol–water partition coefficient (Wildman–Crippen LogP) is 1.52. The maximum absolute atomic E-state index is 5.62. The van der Waals surface area contributed by atoms with E-state index in [0.717, 1.165) is 43.6 Å². The maximum Gasteiger partial charge on any atom is 0.117 e. The van der Waals surface area contributed by atoms with Gasteiger partial charge in [-0.3, -0.25) is 4.90 Å². The highest BCUT2D eigenvalue weighted by molar-refractivity contribution is 7.99. The Balaban J connectivity index is 1.75. The zero-order chi connectivity index (χ0) is 13.5. The van der Waals surface area contributed by atoms with Gasteiger partial charge in [0.2, 0.25) is 0 Å². The molecule has 0 saturated carbocycles. The molecule has 108 valence electrons. The summed E-state index contributed by atoms with van der Waals surface area (Å²) in [7, 11) is 0. The summed E-state index contributed by atoms with van der Waals surface area (Å²) in [6, 6.07) is 4.58. The number of hydrogen-bond donors (Lipinski definition) is 2. The van der Waals surface area contributed by atoms with Crippen molar-refractivity contribution in [2.75, 3.05) is 32.4 Å². The standard InChI is InChI=1S/C14H25N3OS/c1-19-14-8-12(17(11-14)6-3-5-15)9-16-10-13-4-2-7-18-13/h2,4,7,12,14,16H,3,5-6,8-11,15H2,1H3/t12?,14-/m1/s1. The minimum atomic E-state index is 0.638. The van der Waals surface area contributed by atoms with Crippen LogP contribution in [-0.4, -0.2) is 48.6 Å². The quantitative estimate of drug-likeness (QED) is 0.758. The van der Waals surface area contributed by atoms with E-state index in [1.807, 2.05) is 23.9 Å². The van der Waals surface area contributed by atoms with Crippen LogP contribution >= 0.6 is 11.8 Å². The van der Waals surface area contributed by atoms with Gasteiger partial charge in [-0.25, -0.2) is 0 Å². The van der Waals surface area contributed by atoms with Gasteiger partial charge in [0.25, 0.3) is 0 Å². The summed E-state index contributed by atoms with van der Waals surface area (Å²) in [6.45, 7) is 4.96. The fourth-order valence-corrected chi connectivity index (χ4v) is 3.42. The first-order valence-electron chi connectivity index (χ1n) is 7.03.